The van der Waals surface area contributed by atoms with Gasteiger partial charge in [0.05, 0.1) is 12.8 Å². The standard InChI is InChI=1S/C16H17ClN2O2/c1-11-4-3-5-12(8-11)10-18-16(20)19-14-9-13(17)6-7-15(14)21-2/h3-9H,10H2,1-2H3,(H2,18,19,20). The average molecular weight is 305 g/mol. The van der Waals surface area contributed by atoms with E-state index < -0.39 is 0 Å². The van der Waals surface area contributed by atoms with Crippen LogP contribution in [0.5, 0.6) is 5.75 Å². The van der Waals surface area contributed by atoms with E-state index in [0.29, 0.717) is 23.0 Å². The van der Waals surface area contributed by atoms with Crippen molar-refractivity contribution in [1.82, 2.24) is 5.32 Å². The molecule has 2 aromatic carbocycles. The molecule has 0 spiro atoms. The van der Waals surface area contributed by atoms with E-state index in [2.05, 4.69) is 10.6 Å². The summed E-state index contributed by atoms with van der Waals surface area (Å²) in [5.41, 5.74) is 2.74. The molecule has 0 aliphatic heterocycles. The van der Waals surface area contributed by atoms with Gasteiger partial charge in [-0.25, -0.2) is 4.79 Å². The smallest absolute Gasteiger partial charge is 0.319 e. The van der Waals surface area contributed by atoms with Crippen LogP contribution < -0.4 is 15.4 Å². The van der Waals surface area contributed by atoms with Crippen molar-refractivity contribution >= 4 is 23.3 Å². The zero-order valence-corrected chi connectivity index (χ0v) is 12.7. The predicted octanol–water partition coefficient (Wildman–Crippen LogP) is 3.98. The van der Waals surface area contributed by atoms with Gasteiger partial charge in [0, 0.05) is 11.6 Å². The molecular weight excluding hydrogens is 288 g/mol. The molecule has 0 saturated heterocycles. The molecule has 0 fully saturated rings. The van der Waals surface area contributed by atoms with Crippen molar-refractivity contribution in [3.05, 3.63) is 58.6 Å². The zero-order chi connectivity index (χ0) is 15.2. The van der Waals surface area contributed by atoms with Crippen LogP contribution in [-0.2, 0) is 6.54 Å². The van der Waals surface area contributed by atoms with E-state index in [1.807, 2.05) is 31.2 Å². The third-order valence-corrected chi connectivity index (χ3v) is 3.18. The van der Waals surface area contributed by atoms with Crippen LogP contribution in [0.3, 0.4) is 0 Å². The summed E-state index contributed by atoms with van der Waals surface area (Å²) in [6.07, 6.45) is 0. The topological polar surface area (TPSA) is 50.4 Å². The van der Waals surface area contributed by atoms with E-state index in [9.17, 15) is 4.79 Å². The number of aryl methyl sites for hydroxylation is 1. The number of urea groups is 1. The Morgan fingerprint density at radius 2 is 2.05 bits per heavy atom. The van der Waals surface area contributed by atoms with Crippen molar-refractivity contribution in [3.63, 3.8) is 0 Å². The number of carbonyl (C=O) groups excluding carboxylic acids is 1. The Bertz CT molecular complexity index is 644. The summed E-state index contributed by atoms with van der Waals surface area (Å²) in [4.78, 5) is 11.9. The SMILES string of the molecule is COc1ccc(Cl)cc1NC(=O)NCc1cccc(C)c1. The Balaban J connectivity index is 1.97. The predicted molar refractivity (Wildman–Crippen MR) is 85.0 cm³/mol. The van der Waals surface area contributed by atoms with E-state index in [0.717, 1.165) is 11.1 Å². The molecule has 0 unspecified atom stereocenters. The number of hydrogen-bond donors (Lipinski definition) is 2. The molecular formula is C16H17ClN2O2. The highest BCUT2D eigenvalue weighted by molar-refractivity contribution is 6.31. The molecule has 2 rings (SSSR count). The van der Waals surface area contributed by atoms with Crippen LogP contribution in [0.1, 0.15) is 11.1 Å². The van der Waals surface area contributed by atoms with Crippen LogP contribution in [0.15, 0.2) is 42.5 Å². The zero-order valence-electron chi connectivity index (χ0n) is 11.9. The molecule has 4 nitrogen and oxygen atoms in total. The first-order valence-corrected chi connectivity index (χ1v) is 6.90. The largest absolute Gasteiger partial charge is 0.495 e. The second kappa shape index (κ2) is 6.99. The summed E-state index contributed by atoms with van der Waals surface area (Å²) >= 11 is 5.92. The lowest BCUT2D eigenvalue weighted by atomic mass is 10.1. The molecule has 0 heterocycles. The highest BCUT2D eigenvalue weighted by Gasteiger charge is 2.08. The Hall–Kier alpha value is -2.20. The minimum absolute atomic E-state index is 0.308. The molecule has 0 saturated carbocycles. The number of hydrogen-bond acceptors (Lipinski definition) is 2. The summed E-state index contributed by atoms with van der Waals surface area (Å²) in [6, 6.07) is 12.7. The third-order valence-electron chi connectivity index (χ3n) is 2.95. The maximum atomic E-state index is 11.9. The van der Waals surface area contributed by atoms with Crippen LogP contribution in [0.25, 0.3) is 0 Å². The van der Waals surface area contributed by atoms with Gasteiger partial charge in [-0.15, -0.1) is 0 Å². The Morgan fingerprint density at radius 3 is 2.76 bits per heavy atom. The van der Waals surface area contributed by atoms with Gasteiger partial charge >= 0.3 is 6.03 Å². The normalized spacial score (nSPS) is 10.0. The van der Waals surface area contributed by atoms with Gasteiger partial charge in [0.15, 0.2) is 0 Å². The van der Waals surface area contributed by atoms with Crippen LogP contribution in [0.4, 0.5) is 10.5 Å². The number of benzene rings is 2. The molecule has 0 atom stereocenters. The maximum Gasteiger partial charge on any atom is 0.319 e. The molecule has 0 bridgehead atoms. The summed E-state index contributed by atoms with van der Waals surface area (Å²) in [5, 5.41) is 6.06. The minimum atomic E-state index is -0.308. The molecule has 2 aromatic rings. The van der Waals surface area contributed by atoms with Gasteiger partial charge in [-0.1, -0.05) is 41.4 Å². The number of anilines is 1. The average Bonchev–Trinajstić information content (AvgIpc) is 2.45. The van der Waals surface area contributed by atoms with Crippen LogP contribution in [-0.4, -0.2) is 13.1 Å². The third kappa shape index (κ3) is 4.39. The van der Waals surface area contributed by atoms with Crippen molar-refractivity contribution in [2.75, 3.05) is 12.4 Å². The monoisotopic (exact) mass is 304 g/mol. The lowest BCUT2D eigenvalue weighted by Crippen LogP contribution is -2.28. The summed E-state index contributed by atoms with van der Waals surface area (Å²) in [6.45, 7) is 2.47. The second-order valence-corrected chi connectivity index (χ2v) is 5.08. The molecule has 21 heavy (non-hydrogen) atoms. The number of amides is 2. The van der Waals surface area contributed by atoms with Crippen molar-refractivity contribution in [2.24, 2.45) is 0 Å². The fourth-order valence-corrected chi connectivity index (χ4v) is 2.12. The van der Waals surface area contributed by atoms with Gasteiger partial charge in [-0.3, -0.25) is 0 Å². The number of nitrogens with one attached hydrogen (secondary N) is 2. The fourth-order valence-electron chi connectivity index (χ4n) is 1.95. The van der Waals surface area contributed by atoms with Crippen molar-refractivity contribution < 1.29 is 9.53 Å². The number of halogens is 1. The molecule has 0 radical (unpaired) electrons. The van der Waals surface area contributed by atoms with Gasteiger partial charge in [-0.2, -0.15) is 0 Å². The van der Waals surface area contributed by atoms with E-state index >= 15 is 0 Å². The molecule has 110 valence electrons. The summed E-state index contributed by atoms with van der Waals surface area (Å²) in [7, 11) is 1.54. The first kappa shape index (κ1) is 15.2. The molecule has 0 aliphatic carbocycles. The van der Waals surface area contributed by atoms with Crippen molar-refractivity contribution in [1.29, 1.82) is 0 Å². The highest BCUT2D eigenvalue weighted by Crippen LogP contribution is 2.27. The minimum Gasteiger partial charge on any atom is -0.495 e. The summed E-state index contributed by atoms with van der Waals surface area (Å²) < 4.78 is 5.18. The quantitative estimate of drug-likeness (QED) is 0.897. The van der Waals surface area contributed by atoms with Crippen LogP contribution in [0, 0.1) is 6.92 Å². The van der Waals surface area contributed by atoms with Gasteiger partial charge in [-0.05, 0) is 30.7 Å². The number of carbonyl (C=O) groups is 1. The van der Waals surface area contributed by atoms with E-state index in [1.165, 1.54) is 0 Å². The summed E-state index contributed by atoms with van der Waals surface area (Å²) in [5.74, 6) is 0.560. The number of ether oxygens (including phenoxy) is 1. The Labute approximate surface area is 129 Å². The van der Waals surface area contributed by atoms with Gasteiger partial charge in [0.25, 0.3) is 0 Å². The molecule has 2 N–H and O–H groups in total. The lowest BCUT2D eigenvalue weighted by Gasteiger charge is -2.11. The van der Waals surface area contributed by atoms with Gasteiger partial charge in [0.2, 0.25) is 0 Å². The second-order valence-electron chi connectivity index (χ2n) is 4.64. The molecule has 0 aromatic heterocycles. The maximum absolute atomic E-state index is 11.9. The van der Waals surface area contributed by atoms with Crippen LogP contribution in [0.2, 0.25) is 5.02 Å². The Morgan fingerprint density at radius 1 is 1.24 bits per heavy atom. The van der Waals surface area contributed by atoms with E-state index in [4.69, 9.17) is 16.3 Å². The lowest BCUT2D eigenvalue weighted by molar-refractivity contribution is 0.251. The van der Waals surface area contributed by atoms with Gasteiger partial charge < -0.3 is 15.4 Å². The van der Waals surface area contributed by atoms with E-state index in [1.54, 1.807) is 25.3 Å². The number of rotatable bonds is 4. The van der Waals surface area contributed by atoms with Gasteiger partial charge in [0.1, 0.15) is 5.75 Å². The van der Waals surface area contributed by atoms with Crippen molar-refractivity contribution in [2.45, 2.75) is 13.5 Å². The first-order valence-electron chi connectivity index (χ1n) is 6.52. The molecule has 5 heteroatoms. The molecule has 0 aliphatic rings. The van der Waals surface area contributed by atoms with E-state index in [-0.39, 0.29) is 6.03 Å². The van der Waals surface area contributed by atoms with Crippen LogP contribution >= 0.6 is 11.6 Å². The Kier molecular flexibility index (Phi) is 5.06. The van der Waals surface area contributed by atoms with Crippen molar-refractivity contribution in [3.8, 4) is 5.75 Å². The first-order chi connectivity index (χ1) is 10.1. The number of methoxy groups -OCH3 is 1. The fraction of sp³-hybridized carbons (Fsp3) is 0.188. The molecule has 2 amide bonds. The highest BCUT2D eigenvalue weighted by atomic mass is 35.5.